The Morgan fingerprint density at radius 3 is 2.88 bits per heavy atom. The fourth-order valence-corrected chi connectivity index (χ4v) is 2.25. The molecule has 1 aliphatic rings. The molecule has 0 saturated carbocycles. The van der Waals surface area contributed by atoms with E-state index >= 15 is 0 Å². The smallest absolute Gasteiger partial charge is 0.250 e. The summed E-state index contributed by atoms with van der Waals surface area (Å²) in [5, 5.41) is 0.590. The van der Waals surface area contributed by atoms with Gasteiger partial charge >= 0.3 is 0 Å². The Morgan fingerprint density at radius 2 is 2.29 bits per heavy atom. The Balaban J connectivity index is 1.98. The van der Waals surface area contributed by atoms with Crippen molar-refractivity contribution in [2.45, 2.75) is 38.3 Å². The first-order valence-electron chi connectivity index (χ1n) is 5.69. The Labute approximate surface area is 105 Å². The molecule has 1 aromatic rings. The summed E-state index contributed by atoms with van der Waals surface area (Å²) in [6, 6.07) is 3.49. The van der Waals surface area contributed by atoms with E-state index in [9.17, 15) is 8.78 Å². The summed E-state index contributed by atoms with van der Waals surface area (Å²) < 4.78 is 26.3. The number of halogens is 3. The van der Waals surface area contributed by atoms with Gasteiger partial charge in [0, 0.05) is 38.2 Å². The van der Waals surface area contributed by atoms with Gasteiger partial charge in [0.25, 0.3) is 5.92 Å². The third kappa shape index (κ3) is 3.36. The van der Waals surface area contributed by atoms with E-state index in [2.05, 4.69) is 4.98 Å². The average molecular weight is 261 g/mol. The van der Waals surface area contributed by atoms with Crippen LogP contribution in [0.15, 0.2) is 18.3 Å². The molecule has 94 valence electrons. The van der Waals surface area contributed by atoms with Gasteiger partial charge in [-0.15, -0.1) is 0 Å². The first-order valence-corrected chi connectivity index (χ1v) is 6.06. The highest BCUT2D eigenvalue weighted by atomic mass is 35.5. The van der Waals surface area contributed by atoms with Crippen molar-refractivity contribution in [2.75, 3.05) is 6.54 Å². The first-order chi connectivity index (χ1) is 7.96. The molecule has 0 amide bonds. The molecule has 0 aromatic carbocycles. The standard InChI is InChI=1S/C12H15ClF2N2/c1-9-6-12(14,15)4-5-17(9)8-11-3-2-10(13)7-16-11/h2-3,7,9H,4-6,8H2,1H3. The van der Waals surface area contributed by atoms with Gasteiger partial charge in [-0.1, -0.05) is 11.6 Å². The molecule has 2 heterocycles. The van der Waals surface area contributed by atoms with Crippen LogP contribution in [0.2, 0.25) is 5.02 Å². The summed E-state index contributed by atoms with van der Waals surface area (Å²) >= 11 is 5.75. The Bertz CT molecular complexity index is 381. The van der Waals surface area contributed by atoms with E-state index in [-0.39, 0.29) is 18.9 Å². The lowest BCUT2D eigenvalue weighted by Crippen LogP contribution is -2.45. The summed E-state index contributed by atoms with van der Waals surface area (Å²) in [5.74, 6) is -2.51. The SMILES string of the molecule is CC1CC(F)(F)CCN1Cc1ccc(Cl)cn1. The second kappa shape index (κ2) is 4.86. The molecule has 1 saturated heterocycles. The Morgan fingerprint density at radius 1 is 1.53 bits per heavy atom. The van der Waals surface area contributed by atoms with Crippen LogP contribution >= 0.6 is 11.6 Å². The number of aromatic nitrogens is 1. The molecule has 1 aliphatic heterocycles. The summed E-state index contributed by atoms with van der Waals surface area (Å²) in [4.78, 5) is 6.22. The number of alkyl halides is 2. The third-order valence-corrected chi connectivity index (χ3v) is 3.36. The molecular formula is C12H15ClF2N2. The lowest BCUT2D eigenvalue weighted by molar-refractivity contribution is -0.0767. The zero-order valence-corrected chi connectivity index (χ0v) is 10.4. The van der Waals surface area contributed by atoms with Crippen molar-refractivity contribution in [1.29, 1.82) is 0 Å². The molecule has 0 spiro atoms. The van der Waals surface area contributed by atoms with Crippen LogP contribution in [0.3, 0.4) is 0 Å². The summed E-state index contributed by atoms with van der Waals surface area (Å²) in [6.07, 6.45) is 1.45. The molecule has 1 unspecified atom stereocenters. The largest absolute Gasteiger partial charge is 0.294 e. The van der Waals surface area contributed by atoms with Crippen molar-refractivity contribution in [2.24, 2.45) is 0 Å². The molecule has 0 bridgehead atoms. The number of nitrogens with zero attached hydrogens (tertiary/aromatic N) is 2. The lowest BCUT2D eigenvalue weighted by Gasteiger charge is -2.37. The van der Waals surface area contributed by atoms with Crippen LogP contribution in [0.1, 0.15) is 25.5 Å². The highest BCUT2D eigenvalue weighted by molar-refractivity contribution is 6.30. The molecule has 2 nitrogen and oxygen atoms in total. The summed E-state index contributed by atoms with van der Waals surface area (Å²) in [5.41, 5.74) is 0.867. The minimum absolute atomic E-state index is 0.0646. The van der Waals surface area contributed by atoms with Crippen LogP contribution in [0.5, 0.6) is 0 Å². The lowest BCUT2D eigenvalue weighted by atomic mass is 9.99. The van der Waals surface area contributed by atoms with Gasteiger partial charge in [-0.05, 0) is 19.1 Å². The molecule has 5 heteroatoms. The van der Waals surface area contributed by atoms with Crippen LogP contribution in [0, 0.1) is 0 Å². The van der Waals surface area contributed by atoms with Crippen molar-refractivity contribution in [3.8, 4) is 0 Å². The second-order valence-electron chi connectivity index (χ2n) is 4.60. The zero-order chi connectivity index (χ0) is 12.5. The number of pyridine rings is 1. The van der Waals surface area contributed by atoms with E-state index in [4.69, 9.17) is 11.6 Å². The minimum atomic E-state index is -2.51. The van der Waals surface area contributed by atoms with E-state index in [1.54, 1.807) is 12.3 Å². The predicted molar refractivity (Wildman–Crippen MR) is 63.3 cm³/mol. The fourth-order valence-electron chi connectivity index (χ4n) is 2.13. The van der Waals surface area contributed by atoms with Crippen LogP contribution in [0.25, 0.3) is 0 Å². The number of hydrogen-bond donors (Lipinski definition) is 0. The maximum Gasteiger partial charge on any atom is 0.250 e. The van der Waals surface area contributed by atoms with Gasteiger partial charge in [0.05, 0.1) is 10.7 Å². The monoisotopic (exact) mass is 260 g/mol. The molecule has 0 aliphatic carbocycles. The Hall–Kier alpha value is -0.740. The van der Waals surface area contributed by atoms with Crippen molar-refractivity contribution in [1.82, 2.24) is 9.88 Å². The topological polar surface area (TPSA) is 16.1 Å². The summed E-state index contributed by atoms with van der Waals surface area (Å²) in [7, 11) is 0. The molecule has 1 fully saturated rings. The van der Waals surface area contributed by atoms with Crippen molar-refractivity contribution >= 4 is 11.6 Å². The zero-order valence-electron chi connectivity index (χ0n) is 9.67. The van der Waals surface area contributed by atoms with Gasteiger partial charge < -0.3 is 0 Å². The summed E-state index contributed by atoms with van der Waals surface area (Å²) in [6.45, 7) is 2.86. The predicted octanol–water partition coefficient (Wildman–Crippen LogP) is 3.35. The first kappa shape index (κ1) is 12.7. The highest BCUT2D eigenvalue weighted by Crippen LogP contribution is 2.32. The van der Waals surface area contributed by atoms with E-state index in [1.807, 2.05) is 17.9 Å². The quantitative estimate of drug-likeness (QED) is 0.811. The Kier molecular flexibility index (Phi) is 3.64. The van der Waals surface area contributed by atoms with E-state index in [0.717, 1.165) is 5.69 Å². The van der Waals surface area contributed by atoms with Crippen molar-refractivity contribution < 1.29 is 8.78 Å². The minimum Gasteiger partial charge on any atom is -0.294 e. The van der Waals surface area contributed by atoms with Gasteiger partial charge in [0.15, 0.2) is 0 Å². The second-order valence-corrected chi connectivity index (χ2v) is 5.03. The normalized spacial score (nSPS) is 24.8. The fraction of sp³-hybridized carbons (Fsp3) is 0.583. The third-order valence-electron chi connectivity index (χ3n) is 3.14. The molecule has 0 N–H and O–H groups in total. The van der Waals surface area contributed by atoms with Crippen LogP contribution in [0.4, 0.5) is 8.78 Å². The van der Waals surface area contributed by atoms with E-state index < -0.39 is 5.92 Å². The van der Waals surface area contributed by atoms with Crippen molar-refractivity contribution in [3.05, 3.63) is 29.0 Å². The van der Waals surface area contributed by atoms with E-state index in [1.165, 1.54) is 0 Å². The maximum atomic E-state index is 13.2. The number of likely N-dealkylation sites (tertiary alicyclic amines) is 1. The van der Waals surface area contributed by atoms with Gasteiger partial charge in [-0.25, -0.2) is 8.78 Å². The number of rotatable bonds is 2. The van der Waals surface area contributed by atoms with E-state index in [0.29, 0.717) is 18.1 Å². The van der Waals surface area contributed by atoms with Gasteiger partial charge in [0.2, 0.25) is 0 Å². The number of piperidine rings is 1. The van der Waals surface area contributed by atoms with Crippen LogP contribution < -0.4 is 0 Å². The molecule has 0 radical (unpaired) electrons. The molecule has 1 aromatic heterocycles. The van der Waals surface area contributed by atoms with Gasteiger partial charge in [0.1, 0.15) is 0 Å². The number of hydrogen-bond acceptors (Lipinski definition) is 2. The van der Waals surface area contributed by atoms with Gasteiger partial charge in [-0.3, -0.25) is 9.88 Å². The van der Waals surface area contributed by atoms with Crippen LogP contribution in [-0.2, 0) is 6.54 Å². The average Bonchev–Trinajstić information content (AvgIpc) is 2.24. The molecule has 1 atom stereocenters. The van der Waals surface area contributed by atoms with Crippen LogP contribution in [-0.4, -0.2) is 28.4 Å². The molecule has 17 heavy (non-hydrogen) atoms. The van der Waals surface area contributed by atoms with Crippen molar-refractivity contribution in [3.63, 3.8) is 0 Å². The molecular weight excluding hydrogens is 246 g/mol. The highest BCUT2D eigenvalue weighted by Gasteiger charge is 2.38. The van der Waals surface area contributed by atoms with Gasteiger partial charge in [-0.2, -0.15) is 0 Å². The maximum absolute atomic E-state index is 13.2. The molecule has 2 rings (SSSR count).